The Hall–Kier alpha value is -4.59. The van der Waals surface area contributed by atoms with Gasteiger partial charge in [-0.05, 0) is 29.4 Å². The standard InChI is InChI=1S/C20H17N9O4S/c1-12-5-7-15(8-6-12)34-11-16-17(23-27-28(16)19-18(21)25-33-26-19)20(30)24-22-10-13-3-2-4-14(9-13)29(31)32/h2-10H,11H2,1H3,(H2,21,25)(H,24,30). The third-order valence-corrected chi connectivity index (χ3v) is 5.56. The molecule has 172 valence electrons. The van der Waals surface area contributed by atoms with E-state index in [1.165, 1.54) is 40.9 Å². The largest absolute Gasteiger partial charge is 0.378 e. The summed E-state index contributed by atoms with van der Waals surface area (Å²) in [6, 6.07) is 13.7. The van der Waals surface area contributed by atoms with Gasteiger partial charge in [0, 0.05) is 28.3 Å². The van der Waals surface area contributed by atoms with E-state index in [0.29, 0.717) is 17.0 Å². The number of nitrogens with one attached hydrogen (secondary N) is 1. The number of hydrogen-bond donors (Lipinski definition) is 2. The zero-order chi connectivity index (χ0) is 24.1. The Morgan fingerprint density at radius 2 is 2.09 bits per heavy atom. The number of anilines is 1. The highest BCUT2D eigenvalue weighted by atomic mass is 32.2. The highest BCUT2D eigenvalue weighted by Crippen LogP contribution is 2.26. The van der Waals surface area contributed by atoms with Crippen molar-refractivity contribution >= 4 is 35.4 Å². The van der Waals surface area contributed by atoms with E-state index >= 15 is 0 Å². The number of hydrazone groups is 1. The molecule has 0 aliphatic carbocycles. The molecule has 0 saturated heterocycles. The minimum atomic E-state index is -0.637. The number of nitrogens with two attached hydrogens (primary N) is 1. The summed E-state index contributed by atoms with van der Waals surface area (Å²) in [5.74, 6) is -0.240. The fourth-order valence-corrected chi connectivity index (χ4v) is 3.73. The molecule has 0 radical (unpaired) electrons. The molecule has 2 aromatic heterocycles. The van der Waals surface area contributed by atoms with Crippen molar-refractivity contribution in [1.29, 1.82) is 0 Å². The normalized spacial score (nSPS) is 11.1. The van der Waals surface area contributed by atoms with Crippen LogP contribution >= 0.6 is 11.8 Å². The number of non-ortho nitro benzene ring substituents is 1. The highest BCUT2D eigenvalue weighted by molar-refractivity contribution is 7.98. The quantitative estimate of drug-likeness (QED) is 0.165. The second kappa shape index (κ2) is 9.91. The Morgan fingerprint density at radius 3 is 2.79 bits per heavy atom. The highest BCUT2D eigenvalue weighted by Gasteiger charge is 2.24. The molecule has 4 aromatic rings. The van der Waals surface area contributed by atoms with Gasteiger partial charge in [-0.2, -0.15) is 9.78 Å². The lowest BCUT2D eigenvalue weighted by Gasteiger charge is -2.06. The first-order valence-electron chi connectivity index (χ1n) is 9.72. The van der Waals surface area contributed by atoms with E-state index in [4.69, 9.17) is 5.73 Å². The number of aryl methyl sites for hydroxylation is 1. The third-order valence-electron chi connectivity index (χ3n) is 4.53. The Labute approximate surface area is 196 Å². The molecule has 14 heteroatoms. The van der Waals surface area contributed by atoms with Crippen LogP contribution in [0.5, 0.6) is 0 Å². The van der Waals surface area contributed by atoms with Crippen molar-refractivity contribution in [2.75, 3.05) is 5.73 Å². The van der Waals surface area contributed by atoms with Gasteiger partial charge in [0.15, 0.2) is 5.69 Å². The summed E-state index contributed by atoms with van der Waals surface area (Å²) in [5, 5.41) is 30.0. The number of carbonyl (C=O) groups is 1. The molecular weight excluding hydrogens is 462 g/mol. The molecule has 0 saturated carbocycles. The molecule has 0 unspecified atom stereocenters. The Balaban J connectivity index is 1.56. The minimum Gasteiger partial charge on any atom is -0.378 e. The molecule has 0 aliphatic rings. The number of nitro groups is 1. The van der Waals surface area contributed by atoms with E-state index in [-0.39, 0.29) is 23.0 Å². The number of hydrogen-bond acceptors (Lipinski definition) is 11. The summed E-state index contributed by atoms with van der Waals surface area (Å²) in [5.41, 5.74) is 10.0. The molecule has 0 spiro atoms. The number of nitrogens with zero attached hydrogens (tertiary/aromatic N) is 7. The molecule has 2 heterocycles. The molecule has 0 atom stereocenters. The molecule has 0 aliphatic heterocycles. The zero-order valence-electron chi connectivity index (χ0n) is 17.7. The predicted molar refractivity (Wildman–Crippen MR) is 123 cm³/mol. The van der Waals surface area contributed by atoms with Crippen molar-refractivity contribution in [3.63, 3.8) is 0 Å². The topological polar surface area (TPSA) is 180 Å². The number of carbonyl (C=O) groups excluding carboxylic acids is 1. The van der Waals surface area contributed by atoms with Crippen molar-refractivity contribution in [2.45, 2.75) is 17.6 Å². The summed E-state index contributed by atoms with van der Waals surface area (Å²) < 4.78 is 5.93. The lowest BCUT2D eigenvalue weighted by Crippen LogP contribution is -2.20. The van der Waals surface area contributed by atoms with Crippen LogP contribution in [0.15, 0.2) is 63.2 Å². The molecule has 0 fully saturated rings. The molecule has 0 bridgehead atoms. The zero-order valence-corrected chi connectivity index (χ0v) is 18.5. The maximum atomic E-state index is 12.8. The Kier molecular flexibility index (Phi) is 6.59. The number of amides is 1. The van der Waals surface area contributed by atoms with Crippen LogP contribution in [-0.2, 0) is 5.75 Å². The predicted octanol–water partition coefficient (Wildman–Crippen LogP) is 2.51. The summed E-state index contributed by atoms with van der Waals surface area (Å²) in [7, 11) is 0. The third kappa shape index (κ3) is 5.07. The number of aromatic nitrogens is 5. The molecule has 4 rings (SSSR count). The molecule has 34 heavy (non-hydrogen) atoms. The van der Waals surface area contributed by atoms with Crippen LogP contribution in [-0.4, -0.2) is 42.4 Å². The molecule has 3 N–H and O–H groups in total. The molecule has 2 aromatic carbocycles. The smallest absolute Gasteiger partial charge is 0.293 e. The first-order chi connectivity index (χ1) is 16.4. The average Bonchev–Trinajstić information content (AvgIpc) is 3.44. The number of nitrogen functional groups attached to an aromatic ring is 1. The van der Waals surface area contributed by atoms with E-state index in [0.717, 1.165) is 10.5 Å². The Morgan fingerprint density at radius 1 is 1.29 bits per heavy atom. The van der Waals surface area contributed by atoms with Gasteiger partial charge < -0.3 is 5.73 Å². The number of nitro benzene ring substituents is 1. The summed E-state index contributed by atoms with van der Waals surface area (Å²) in [6.45, 7) is 1.99. The van der Waals surface area contributed by atoms with Gasteiger partial charge in [-0.3, -0.25) is 14.9 Å². The van der Waals surface area contributed by atoms with E-state index in [2.05, 4.69) is 35.8 Å². The van der Waals surface area contributed by atoms with Crippen LogP contribution < -0.4 is 11.2 Å². The molecular formula is C20H17N9O4S. The second-order valence-corrected chi connectivity index (χ2v) is 7.97. The summed E-state index contributed by atoms with van der Waals surface area (Å²) in [4.78, 5) is 24.2. The van der Waals surface area contributed by atoms with Crippen LogP contribution in [0.4, 0.5) is 11.5 Å². The maximum absolute atomic E-state index is 12.8. The van der Waals surface area contributed by atoms with Crippen molar-refractivity contribution in [2.24, 2.45) is 5.10 Å². The van der Waals surface area contributed by atoms with Crippen molar-refractivity contribution in [1.82, 2.24) is 30.7 Å². The number of rotatable bonds is 8. The fourth-order valence-electron chi connectivity index (χ4n) is 2.84. The van der Waals surface area contributed by atoms with Gasteiger partial charge >= 0.3 is 0 Å². The van der Waals surface area contributed by atoms with E-state index in [9.17, 15) is 14.9 Å². The maximum Gasteiger partial charge on any atom is 0.293 e. The Bertz CT molecular complexity index is 1360. The van der Waals surface area contributed by atoms with Gasteiger partial charge in [0.2, 0.25) is 11.6 Å². The van der Waals surface area contributed by atoms with Gasteiger partial charge in [0.05, 0.1) is 16.8 Å². The van der Waals surface area contributed by atoms with Gasteiger partial charge in [-0.15, -0.1) is 16.9 Å². The minimum absolute atomic E-state index is 0.00166. The van der Waals surface area contributed by atoms with Crippen LogP contribution in [0.2, 0.25) is 0 Å². The van der Waals surface area contributed by atoms with Gasteiger partial charge in [0.1, 0.15) is 0 Å². The van der Waals surface area contributed by atoms with Crippen molar-refractivity contribution < 1.29 is 14.3 Å². The van der Waals surface area contributed by atoms with E-state index < -0.39 is 10.8 Å². The van der Waals surface area contributed by atoms with Crippen molar-refractivity contribution in [3.8, 4) is 5.82 Å². The fraction of sp³-hybridized carbons (Fsp3) is 0.100. The van der Waals surface area contributed by atoms with Crippen LogP contribution in [0, 0.1) is 17.0 Å². The number of benzene rings is 2. The van der Waals surface area contributed by atoms with Gasteiger partial charge in [-0.25, -0.2) is 10.1 Å². The van der Waals surface area contributed by atoms with Crippen LogP contribution in [0.1, 0.15) is 27.3 Å². The summed E-state index contributed by atoms with van der Waals surface area (Å²) >= 11 is 1.46. The average molecular weight is 479 g/mol. The van der Waals surface area contributed by atoms with Gasteiger partial charge in [0.25, 0.3) is 11.6 Å². The second-order valence-electron chi connectivity index (χ2n) is 6.92. The lowest BCUT2D eigenvalue weighted by molar-refractivity contribution is -0.384. The summed E-state index contributed by atoms with van der Waals surface area (Å²) in [6.07, 6.45) is 1.29. The first-order valence-corrected chi connectivity index (χ1v) is 10.7. The van der Waals surface area contributed by atoms with Gasteiger partial charge in [-0.1, -0.05) is 35.0 Å². The van der Waals surface area contributed by atoms with E-state index in [1.54, 1.807) is 6.07 Å². The number of thioether (sulfide) groups is 1. The SMILES string of the molecule is Cc1ccc(SCc2c(C(=O)NN=Cc3cccc([N+](=O)[O-])c3)nnn2-c2nonc2N)cc1. The van der Waals surface area contributed by atoms with Crippen LogP contribution in [0.25, 0.3) is 5.82 Å². The molecule has 1 amide bonds. The van der Waals surface area contributed by atoms with Crippen molar-refractivity contribution in [3.05, 3.63) is 81.2 Å². The van der Waals surface area contributed by atoms with Crippen LogP contribution in [0.3, 0.4) is 0 Å². The van der Waals surface area contributed by atoms with E-state index in [1.807, 2.05) is 31.2 Å². The monoisotopic (exact) mass is 479 g/mol. The first kappa shape index (κ1) is 22.6. The lowest BCUT2D eigenvalue weighted by atomic mass is 10.2. The molecule has 13 nitrogen and oxygen atoms in total.